The molecule has 0 aromatic heterocycles. The third-order valence-corrected chi connectivity index (χ3v) is 5.56. The average Bonchev–Trinajstić information content (AvgIpc) is 2.89. The van der Waals surface area contributed by atoms with Crippen LogP contribution in [-0.4, -0.2) is 12.7 Å². The number of nitrogens with zero attached hydrogens (tertiary/aromatic N) is 1. The lowest BCUT2D eigenvalue weighted by molar-refractivity contribution is 0.577. The number of hydrogen-bond acceptors (Lipinski definition) is 2. The number of benzene rings is 2. The summed E-state index contributed by atoms with van der Waals surface area (Å²) in [5, 5.41) is 4.68. The summed E-state index contributed by atoms with van der Waals surface area (Å²) in [7, 11) is 0. The molecule has 2 heterocycles. The van der Waals surface area contributed by atoms with Gasteiger partial charge in [-0.3, -0.25) is 0 Å². The number of halogens is 1. The van der Waals surface area contributed by atoms with E-state index in [4.69, 9.17) is 11.6 Å². The summed E-state index contributed by atoms with van der Waals surface area (Å²) >= 11 is 6.24. The van der Waals surface area contributed by atoms with E-state index in [1.165, 1.54) is 60.2 Å². The fourth-order valence-electron chi connectivity index (χ4n) is 4.12. The van der Waals surface area contributed by atoms with E-state index < -0.39 is 0 Å². The quantitative estimate of drug-likeness (QED) is 0.730. The van der Waals surface area contributed by atoms with E-state index in [1.807, 2.05) is 6.07 Å². The molecule has 2 aromatic rings. The smallest absolute Gasteiger partial charge is 0.0989 e. The molecule has 1 N–H and O–H groups in total. The molecule has 0 bridgehead atoms. The summed E-state index contributed by atoms with van der Waals surface area (Å²) < 4.78 is 0. The lowest BCUT2D eigenvalue weighted by Crippen LogP contribution is -2.41. The minimum Gasteiger partial charge on any atom is -0.365 e. The summed E-state index contributed by atoms with van der Waals surface area (Å²) in [6.07, 6.45) is 7.56. The van der Waals surface area contributed by atoms with Crippen LogP contribution < -0.4 is 10.2 Å². The summed E-state index contributed by atoms with van der Waals surface area (Å²) in [6, 6.07) is 13.2. The lowest BCUT2D eigenvalue weighted by Gasteiger charge is -2.34. The molecule has 2 aliphatic heterocycles. The zero-order valence-electron chi connectivity index (χ0n) is 14.3. The van der Waals surface area contributed by atoms with Crippen molar-refractivity contribution in [2.45, 2.75) is 51.6 Å². The highest BCUT2D eigenvalue weighted by atomic mass is 35.5. The number of aryl methyl sites for hydroxylation is 3. The van der Waals surface area contributed by atoms with Crippen LogP contribution in [0.3, 0.4) is 0 Å². The molecule has 2 aromatic carbocycles. The van der Waals surface area contributed by atoms with Crippen LogP contribution in [-0.2, 0) is 12.8 Å². The Bertz CT molecular complexity index is 741. The van der Waals surface area contributed by atoms with Crippen molar-refractivity contribution in [2.24, 2.45) is 0 Å². The van der Waals surface area contributed by atoms with Crippen molar-refractivity contribution in [1.29, 1.82) is 0 Å². The molecular weight excluding hydrogens is 316 g/mol. The van der Waals surface area contributed by atoms with E-state index >= 15 is 0 Å². The van der Waals surface area contributed by atoms with Gasteiger partial charge in [-0.2, -0.15) is 0 Å². The predicted octanol–water partition coefficient (Wildman–Crippen LogP) is 5.57. The van der Waals surface area contributed by atoms with Gasteiger partial charge in [0, 0.05) is 22.9 Å². The third-order valence-electron chi connectivity index (χ3n) is 5.33. The first-order valence-corrected chi connectivity index (χ1v) is 9.50. The number of fused-ring (bicyclic) bond motifs is 2. The van der Waals surface area contributed by atoms with E-state index in [9.17, 15) is 0 Å². The van der Waals surface area contributed by atoms with Crippen LogP contribution in [0.25, 0.3) is 0 Å². The van der Waals surface area contributed by atoms with Crippen molar-refractivity contribution >= 4 is 23.0 Å². The van der Waals surface area contributed by atoms with Gasteiger partial charge in [0.05, 0.1) is 6.17 Å². The van der Waals surface area contributed by atoms with Crippen molar-refractivity contribution in [2.75, 3.05) is 16.8 Å². The maximum atomic E-state index is 6.24. The van der Waals surface area contributed by atoms with Gasteiger partial charge in [-0.05, 0) is 80.8 Å². The van der Waals surface area contributed by atoms with E-state index in [0.29, 0.717) is 6.17 Å². The molecule has 2 nitrogen and oxygen atoms in total. The summed E-state index contributed by atoms with van der Waals surface area (Å²) in [5.74, 6) is 0. The van der Waals surface area contributed by atoms with Crippen LogP contribution in [0.4, 0.5) is 11.4 Å². The average molecular weight is 341 g/mol. The van der Waals surface area contributed by atoms with Gasteiger partial charge in [-0.15, -0.1) is 0 Å². The molecule has 0 fully saturated rings. The second kappa shape index (κ2) is 6.68. The number of rotatable bonds is 1. The monoisotopic (exact) mass is 340 g/mol. The Labute approximate surface area is 149 Å². The van der Waals surface area contributed by atoms with Crippen LogP contribution >= 0.6 is 11.6 Å². The van der Waals surface area contributed by atoms with Crippen LogP contribution in [0.5, 0.6) is 0 Å². The van der Waals surface area contributed by atoms with Crippen LogP contribution in [0.2, 0.25) is 5.02 Å². The molecule has 3 heteroatoms. The van der Waals surface area contributed by atoms with Gasteiger partial charge in [0.25, 0.3) is 0 Å². The maximum Gasteiger partial charge on any atom is 0.0989 e. The molecule has 1 atom stereocenters. The van der Waals surface area contributed by atoms with Crippen molar-refractivity contribution in [3.05, 3.63) is 58.1 Å². The molecule has 0 amide bonds. The van der Waals surface area contributed by atoms with E-state index in [2.05, 4.69) is 47.5 Å². The zero-order chi connectivity index (χ0) is 16.5. The van der Waals surface area contributed by atoms with Gasteiger partial charge >= 0.3 is 0 Å². The van der Waals surface area contributed by atoms with Crippen molar-refractivity contribution in [3.8, 4) is 0 Å². The standard InChI is InChI=1S/C21H25ClN2/c1-15-8-10-19-16(13-15)6-4-7-21(23-19)24-12-3-2-5-17-14-18(22)9-11-20(17)24/h8-11,13-14,21,23H,2-7,12H2,1H3. The summed E-state index contributed by atoms with van der Waals surface area (Å²) in [6.45, 7) is 3.30. The van der Waals surface area contributed by atoms with E-state index in [1.54, 1.807) is 0 Å². The largest absolute Gasteiger partial charge is 0.365 e. The highest BCUT2D eigenvalue weighted by molar-refractivity contribution is 6.30. The van der Waals surface area contributed by atoms with E-state index in [0.717, 1.165) is 18.0 Å². The van der Waals surface area contributed by atoms with Crippen molar-refractivity contribution < 1.29 is 0 Å². The molecular formula is C21H25ClN2. The molecule has 0 saturated carbocycles. The molecule has 1 unspecified atom stereocenters. The topological polar surface area (TPSA) is 15.3 Å². The fourth-order valence-corrected chi connectivity index (χ4v) is 4.31. The van der Waals surface area contributed by atoms with Crippen molar-refractivity contribution in [1.82, 2.24) is 0 Å². The number of anilines is 2. The lowest BCUT2D eigenvalue weighted by atomic mass is 10.1. The first-order chi connectivity index (χ1) is 11.7. The highest BCUT2D eigenvalue weighted by Crippen LogP contribution is 2.33. The van der Waals surface area contributed by atoms with E-state index in [-0.39, 0.29) is 0 Å². The van der Waals surface area contributed by atoms with Crippen LogP contribution in [0.1, 0.15) is 42.4 Å². The third kappa shape index (κ3) is 3.12. The molecule has 2 aliphatic rings. The second-order valence-electron chi connectivity index (χ2n) is 7.14. The SMILES string of the molecule is Cc1ccc2c(c1)CCCC(N1CCCCc3cc(Cl)ccc31)N2. The van der Waals surface area contributed by atoms with Gasteiger partial charge in [-0.1, -0.05) is 29.3 Å². The number of hydrogen-bond donors (Lipinski definition) is 1. The van der Waals surface area contributed by atoms with Gasteiger partial charge in [0.1, 0.15) is 0 Å². The maximum absolute atomic E-state index is 6.24. The van der Waals surface area contributed by atoms with Gasteiger partial charge in [-0.25, -0.2) is 0 Å². The molecule has 24 heavy (non-hydrogen) atoms. The Morgan fingerprint density at radius 3 is 2.79 bits per heavy atom. The predicted molar refractivity (Wildman–Crippen MR) is 103 cm³/mol. The highest BCUT2D eigenvalue weighted by Gasteiger charge is 2.25. The minimum absolute atomic E-state index is 0.368. The molecule has 126 valence electrons. The van der Waals surface area contributed by atoms with Crippen LogP contribution in [0.15, 0.2) is 36.4 Å². The van der Waals surface area contributed by atoms with Gasteiger partial charge in [0.15, 0.2) is 0 Å². The molecule has 0 spiro atoms. The molecule has 0 radical (unpaired) electrons. The van der Waals surface area contributed by atoms with Crippen molar-refractivity contribution in [3.63, 3.8) is 0 Å². The normalized spacial score (nSPS) is 20.4. The Morgan fingerprint density at radius 2 is 1.88 bits per heavy atom. The molecule has 4 rings (SSSR count). The first-order valence-electron chi connectivity index (χ1n) is 9.12. The Kier molecular flexibility index (Phi) is 4.41. The minimum atomic E-state index is 0.368. The van der Waals surface area contributed by atoms with Gasteiger partial charge in [0.2, 0.25) is 0 Å². The second-order valence-corrected chi connectivity index (χ2v) is 7.57. The fraction of sp³-hybridized carbons (Fsp3) is 0.429. The summed E-state index contributed by atoms with van der Waals surface area (Å²) in [4.78, 5) is 2.58. The zero-order valence-corrected chi connectivity index (χ0v) is 15.1. The Hall–Kier alpha value is -1.67. The number of nitrogens with one attached hydrogen (secondary N) is 1. The molecule has 0 saturated heterocycles. The first kappa shape index (κ1) is 15.8. The molecule has 0 aliphatic carbocycles. The van der Waals surface area contributed by atoms with Crippen LogP contribution in [0, 0.1) is 6.92 Å². The summed E-state index contributed by atoms with van der Waals surface area (Å²) in [5.41, 5.74) is 6.88. The Morgan fingerprint density at radius 1 is 1.00 bits per heavy atom. The Balaban J connectivity index is 1.67. The van der Waals surface area contributed by atoms with Gasteiger partial charge < -0.3 is 10.2 Å².